The molecule has 10 rings (SSSR count). The molecule has 1 fully saturated rings. The summed E-state index contributed by atoms with van der Waals surface area (Å²) in [5.74, 6) is -20.0. The molecular weight excluding hydrogens is 1100 g/mol. The fourth-order valence-corrected chi connectivity index (χ4v) is 9.52. The van der Waals surface area contributed by atoms with Crippen LogP contribution in [0.3, 0.4) is 0 Å². The van der Waals surface area contributed by atoms with Gasteiger partial charge in [0, 0.05) is 12.3 Å². The lowest BCUT2D eigenvalue weighted by molar-refractivity contribution is -0.275. The SMILES string of the molecule is O=C(N[C@@H](Cc1ccc(O[C@@H]2O[C@H](COC(=O)c3ccccc3)[C@H](OC(=O)c3ccccc3)[C@H](OC(=O)c3ccccc3)[C@H]2OC(=O)c2ccccc2)cc1)C(=O)Oc1c(F)c(F)c(F)c(F)c1F)OCC1c2ccccc2-c2ccccc21. The van der Waals surface area contributed by atoms with Gasteiger partial charge in [-0.25, -0.2) is 41.9 Å². The standard InChI is InChI=1S/C64H46F5NO14/c65-49-50(66)52(68)55(53(69)51(49)67)82-62(75)47(70-64(76)78-34-46-44-27-15-13-25-42(44)43-26-14-16-28-45(43)46)33-36-29-31-41(32-30-36)79-63-57(84-61(74)40-23-11-4-12-24-40)56(83-60(73)39-21-9-3-10-22-39)54(81-59(72)38-19-7-2-8-20-38)48(80-63)35-77-58(71)37-17-5-1-6-18-37/h1-32,46-48,54,56-57,63H,33-35H2,(H,70,76)/t47-,48+,54-,56-,57+,63+/m0/s1. The lowest BCUT2D eigenvalue weighted by atomic mass is 9.97. The van der Waals surface area contributed by atoms with Gasteiger partial charge in [0.15, 0.2) is 12.2 Å². The zero-order valence-electron chi connectivity index (χ0n) is 43.7. The van der Waals surface area contributed by atoms with Crippen LogP contribution in [-0.4, -0.2) is 85.9 Å². The van der Waals surface area contributed by atoms with Gasteiger partial charge in [0.1, 0.15) is 31.1 Å². The summed E-state index contributed by atoms with van der Waals surface area (Å²) >= 11 is 0. The van der Waals surface area contributed by atoms with E-state index >= 15 is 0 Å². The van der Waals surface area contributed by atoms with Crippen molar-refractivity contribution in [2.45, 2.75) is 49.1 Å². The van der Waals surface area contributed by atoms with Crippen LogP contribution in [0.4, 0.5) is 26.7 Å². The van der Waals surface area contributed by atoms with Crippen molar-refractivity contribution in [1.82, 2.24) is 5.32 Å². The van der Waals surface area contributed by atoms with Crippen molar-refractivity contribution >= 4 is 35.9 Å². The van der Waals surface area contributed by atoms with Crippen LogP contribution in [0.15, 0.2) is 194 Å². The van der Waals surface area contributed by atoms with E-state index in [-0.39, 0.29) is 40.2 Å². The van der Waals surface area contributed by atoms with Crippen LogP contribution in [0, 0.1) is 29.1 Å². The lowest BCUT2D eigenvalue weighted by Crippen LogP contribution is -2.63. The van der Waals surface area contributed by atoms with Gasteiger partial charge < -0.3 is 43.2 Å². The van der Waals surface area contributed by atoms with Gasteiger partial charge in [-0.05, 0) is 88.5 Å². The molecule has 0 unspecified atom stereocenters. The van der Waals surface area contributed by atoms with Gasteiger partial charge in [-0.3, -0.25) is 0 Å². The number of esters is 5. The first-order valence-electron chi connectivity index (χ1n) is 26.0. The molecule has 1 saturated heterocycles. The maximum absolute atomic E-state index is 14.9. The zero-order valence-corrected chi connectivity index (χ0v) is 43.7. The Hall–Kier alpha value is -10.2. The normalized spacial score (nSPS) is 17.3. The first-order chi connectivity index (χ1) is 40.7. The number of fused-ring (bicyclic) bond motifs is 3. The number of benzene rings is 8. The van der Waals surface area contributed by atoms with Crippen LogP contribution < -0.4 is 14.8 Å². The van der Waals surface area contributed by atoms with Gasteiger partial charge in [0.25, 0.3) is 0 Å². The Labute approximate surface area is 475 Å². The topological polar surface area (TPSA) is 188 Å². The summed E-state index contributed by atoms with van der Waals surface area (Å²) in [4.78, 5) is 83.1. The third kappa shape index (κ3) is 12.8. The van der Waals surface area contributed by atoms with Crippen molar-refractivity contribution in [3.63, 3.8) is 0 Å². The molecule has 0 spiro atoms. The van der Waals surface area contributed by atoms with Crippen LogP contribution in [0.2, 0.25) is 0 Å². The Morgan fingerprint density at radius 2 is 0.881 bits per heavy atom. The number of halogens is 5. The molecule has 1 amide bonds. The fourth-order valence-electron chi connectivity index (χ4n) is 9.52. The second-order valence-electron chi connectivity index (χ2n) is 19.0. The average molecular weight is 1150 g/mol. The molecule has 0 saturated carbocycles. The number of rotatable bonds is 18. The quantitative estimate of drug-likeness (QED) is 0.0213. The van der Waals surface area contributed by atoms with Crippen molar-refractivity contribution in [2.24, 2.45) is 0 Å². The first kappa shape index (κ1) is 57.0. The van der Waals surface area contributed by atoms with Crippen LogP contribution in [0.25, 0.3) is 11.1 Å². The van der Waals surface area contributed by atoms with Crippen molar-refractivity contribution in [3.05, 3.63) is 262 Å². The molecule has 0 aromatic heterocycles. The maximum atomic E-state index is 14.9. The van der Waals surface area contributed by atoms with Crippen LogP contribution in [0.1, 0.15) is 64.0 Å². The third-order valence-corrected chi connectivity index (χ3v) is 13.6. The van der Waals surface area contributed by atoms with Crippen LogP contribution >= 0.6 is 0 Å². The van der Waals surface area contributed by atoms with Gasteiger partial charge >= 0.3 is 35.9 Å². The summed E-state index contributed by atoms with van der Waals surface area (Å²) in [7, 11) is 0. The summed E-state index contributed by atoms with van der Waals surface area (Å²) in [5.41, 5.74) is 3.91. The van der Waals surface area contributed by atoms with Gasteiger partial charge in [0.05, 0.1) is 22.3 Å². The van der Waals surface area contributed by atoms with E-state index in [1.807, 2.05) is 48.5 Å². The summed E-state index contributed by atoms with van der Waals surface area (Å²) < 4.78 is 120. The molecule has 2 aliphatic rings. The Morgan fingerprint density at radius 3 is 1.38 bits per heavy atom. The van der Waals surface area contributed by atoms with E-state index in [9.17, 15) is 50.7 Å². The number of alkyl carbamates (subject to hydrolysis) is 1. The molecule has 0 radical (unpaired) electrons. The number of carbonyl (C=O) groups is 6. The van der Waals surface area contributed by atoms with Crippen LogP contribution in [0.5, 0.6) is 11.5 Å². The molecular formula is C64H46F5NO14. The Morgan fingerprint density at radius 1 is 0.452 bits per heavy atom. The highest BCUT2D eigenvalue weighted by Gasteiger charge is 2.54. The summed E-state index contributed by atoms with van der Waals surface area (Å²) in [5, 5.41) is 2.29. The van der Waals surface area contributed by atoms with Gasteiger partial charge in [0.2, 0.25) is 47.2 Å². The number of ether oxygens (including phenoxy) is 8. The number of nitrogens with one attached hydrogen (secondary N) is 1. The van der Waals surface area contributed by atoms with E-state index in [0.717, 1.165) is 22.3 Å². The monoisotopic (exact) mass is 1150 g/mol. The van der Waals surface area contributed by atoms with Gasteiger partial charge in [-0.15, -0.1) is 0 Å². The average Bonchev–Trinajstić information content (AvgIpc) is 3.44. The van der Waals surface area contributed by atoms with E-state index in [4.69, 9.17) is 37.9 Å². The molecule has 1 aliphatic heterocycles. The van der Waals surface area contributed by atoms with E-state index in [0.29, 0.717) is 0 Å². The molecule has 8 aromatic rings. The molecule has 15 nitrogen and oxygen atoms in total. The predicted octanol–water partition coefficient (Wildman–Crippen LogP) is 11.1. The second-order valence-corrected chi connectivity index (χ2v) is 19.0. The van der Waals surface area contributed by atoms with E-state index in [2.05, 4.69) is 5.32 Å². The molecule has 1 N–H and O–H groups in total. The first-order valence-corrected chi connectivity index (χ1v) is 26.0. The number of hydrogen-bond donors (Lipinski definition) is 1. The Kier molecular flexibility index (Phi) is 17.5. The fraction of sp³-hybridized carbons (Fsp3) is 0.156. The Bertz CT molecular complexity index is 3640. The molecule has 0 bridgehead atoms. The zero-order chi connectivity index (χ0) is 58.9. The number of carbonyl (C=O) groups excluding carboxylic acids is 6. The van der Waals surface area contributed by atoms with Crippen molar-refractivity contribution in [3.8, 4) is 22.6 Å². The minimum absolute atomic E-state index is 0.0328. The van der Waals surface area contributed by atoms with E-state index in [1.54, 1.807) is 72.8 Å². The highest BCUT2D eigenvalue weighted by Crippen LogP contribution is 2.44. The number of hydrogen-bond acceptors (Lipinski definition) is 14. The smallest absolute Gasteiger partial charge is 0.407 e. The van der Waals surface area contributed by atoms with Crippen molar-refractivity contribution < 1.29 is 88.6 Å². The lowest BCUT2D eigenvalue weighted by Gasteiger charge is -2.44. The maximum Gasteiger partial charge on any atom is 0.407 e. The molecule has 1 aliphatic carbocycles. The molecule has 1 heterocycles. The van der Waals surface area contributed by atoms with Crippen molar-refractivity contribution in [2.75, 3.05) is 13.2 Å². The minimum Gasteiger partial charge on any atom is -0.461 e. The summed E-state index contributed by atoms with van der Waals surface area (Å²) in [6.07, 6.45) is -10.4. The molecule has 84 heavy (non-hydrogen) atoms. The highest BCUT2D eigenvalue weighted by atomic mass is 19.2. The molecule has 20 heteroatoms. The summed E-state index contributed by atoms with van der Waals surface area (Å²) in [6.45, 7) is -0.924. The molecule has 426 valence electrons. The van der Waals surface area contributed by atoms with Crippen LogP contribution in [-0.2, 0) is 39.6 Å². The number of amides is 1. The predicted molar refractivity (Wildman–Crippen MR) is 287 cm³/mol. The third-order valence-electron chi connectivity index (χ3n) is 13.6. The van der Waals surface area contributed by atoms with Gasteiger partial charge in [-0.1, -0.05) is 133 Å². The summed E-state index contributed by atoms with van der Waals surface area (Å²) in [6, 6.07) is 49.2. The van der Waals surface area contributed by atoms with E-state index in [1.165, 1.54) is 72.8 Å². The Balaban J connectivity index is 0.960. The molecule has 8 aromatic carbocycles. The van der Waals surface area contributed by atoms with E-state index < -0.39 is 126 Å². The highest BCUT2D eigenvalue weighted by molar-refractivity contribution is 5.92. The van der Waals surface area contributed by atoms with Gasteiger partial charge in [-0.2, -0.15) is 8.78 Å². The minimum atomic E-state index is -2.50. The largest absolute Gasteiger partial charge is 0.461 e. The second kappa shape index (κ2) is 25.7. The molecule has 6 atom stereocenters. The van der Waals surface area contributed by atoms with Crippen molar-refractivity contribution in [1.29, 1.82) is 0 Å².